The van der Waals surface area contributed by atoms with E-state index in [-0.39, 0.29) is 23.6 Å². The van der Waals surface area contributed by atoms with E-state index in [1.807, 2.05) is 0 Å². The third-order valence-corrected chi connectivity index (χ3v) is 2.55. The number of nitrogens with zero attached hydrogens (tertiary/aromatic N) is 3. The first-order valence-corrected chi connectivity index (χ1v) is 5.75. The third kappa shape index (κ3) is 3.31. The van der Waals surface area contributed by atoms with Crippen LogP contribution in [-0.2, 0) is 11.3 Å². The van der Waals surface area contributed by atoms with Crippen LogP contribution >= 0.6 is 0 Å². The normalized spacial score (nSPS) is 10.2. The van der Waals surface area contributed by atoms with Gasteiger partial charge < -0.3 is 15.5 Å². The third-order valence-electron chi connectivity index (χ3n) is 2.55. The molecule has 0 bridgehead atoms. The predicted molar refractivity (Wildman–Crippen MR) is 68.3 cm³/mol. The van der Waals surface area contributed by atoms with Gasteiger partial charge in [-0.05, 0) is 18.2 Å². The van der Waals surface area contributed by atoms with Gasteiger partial charge in [0.25, 0.3) is 0 Å². The maximum atomic E-state index is 11.7. The number of hydrogen-bond donors (Lipinski definition) is 3. The van der Waals surface area contributed by atoms with E-state index in [2.05, 4.69) is 15.4 Å². The highest BCUT2D eigenvalue weighted by Gasteiger charge is 2.11. The number of benzene rings is 1. The Hall–Kier alpha value is -2.90. The van der Waals surface area contributed by atoms with E-state index in [1.165, 1.54) is 35.5 Å². The molecule has 2 rings (SSSR count). The molecule has 0 fully saturated rings. The smallest absolute Gasteiger partial charge is 0.339 e. The summed E-state index contributed by atoms with van der Waals surface area (Å²) in [6.45, 7) is 0.371. The van der Waals surface area contributed by atoms with Crippen molar-refractivity contribution in [3.8, 4) is 5.75 Å². The number of carboxylic acid groups (broad SMARTS) is 1. The van der Waals surface area contributed by atoms with Crippen LogP contribution in [0.25, 0.3) is 0 Å². The van der Waals surface area contributed by atoms with Crippen molar-refractivity contribution in [1.29, 1.82) is 0 Å². The quantitative estimate of drug-likeness (QED) is 0.692. The molecule has 8 nitrogen and oxygen atoms in total. The zero-order valence-corrected chi connectivity index (χ0v) is 10.4. The van der Waals surface area contributed by atoms with Crippen molar-refractivity contribution in [3.63, 3.8) is 0 Å². The van der Waals surface area contributed by atoms with E-state index in [1.54, 1.807) is 0 Å². The summed E-state index contributed by atoms with van der Waals surface area (Å²) >= 11 is 0. The number of aromatic carboxylic acids is 1. The zero-order chi connectivity index (χ0) is 14.5. The van der Waals surface area contributed by atoms with Gasteiger partial charge in [-0.1, -0.05) is 0 Å². The molecule has 3 N–H and O–H groups in total. The van der Waals surface area contributed by atoms with E-state index in [0.717, 1.165) is 0 Å². The first-order valence-electron chi connectivity index (χ1n) is 5.75. The Kier molecular flexibility index (Phi) is 3.94. The summed E-state index contributed by atoms with van der Waals surface area (Å²) < 4.78 is 1.51. The maximum Gasteiger partial charge on any atom is 0.339 e. The summed E-state index contributed by atoms with van der Waals surface area (Å²) in [6, 6.07) is 3.84. The fourth-order valence-corrected chi connectivity index (χ4v) is 1.57. The number of nitrogens with one attached hydrogen (secondary N) is 1. The number of hydrogen-bond acceptors (Lipinski definition) is 5. The monoisotopic (exact) mass is 276 g/mol. The van der Waals surface area contributed by atoms with Crippen molar-refractivity contribution in [1.82, 2.24) is 14.8 Å². The van der Waals surface area contributed by atoms with Crippen molar-refractivity contribution >= 4 is 17.6 Å². The minimum absolute atomic E-state index is 0.173. The summed E-state index contributed by atoms with van der Waals surface area (Å²) in [5.41, 5.74) is 0.0443. The molecule has 0 aliphatic carbocycles. The van der Waals surface area contributed by atoms with E-state index in [0.29, 0.717) is 12.2 Å². The van der Waals surface area contributed by atoms with Crippen LogP contribution in [0.2, 0.25) is 0 Å². The highest BCUT2D eigenvalue weighted by atomic mass is 16.4. The summed E-state index contributed by atoms with van der Waals surface area (Å²) in [5.74, 6) is -1.90. The molecule has 0 unspecified atom stereocenters. The van der Waals surface area contributed by atoms with Gasteiger partial charge in [0.1, 0.15) is 24.0 Å². The number of aromatic hydroxyl groups is 1. The lowest BCUT2D eigenvalue weighted by molar-refractivity contribution is -0.116. The van der Waals surface area contributed by atoms with Crippen molar-refractivity contribution in [2.24, 2.45) is 0 Å². The molecule has 1 aromatic carbocycles. The van der Waals surface area contributed by atoms with Gasteiger partial charge in [0.05, 0.1) is 6.54 Å². The fourth-order valence-electron chi connectivity index (χ4n) is 1.57. The van der Waals surface area contributed by atoms with Crippen molar-refractivity contribution in [2.75, 3.05) is 5.32 Å². The summed E-state index contributed by atoms with van der Waals surface area (Å²) in [7, 11) is 0. The number of carboxylic acids is 1. The van der Waals surface area contributed by atoms with Crippen molar-refractivity contribution < 1.29 is 19.8 Å². The zero-order valence-electron chi connectivity index (χ0n) is 10.4. The number of phenols is 1. The number of amides is 1. The lowest BCUT2D eigenvalue weighted by atomic mass is 10.1. The molecule has 104 valence electrons. The van der Waals surface area contributed by atoms with Crippen molar-refractivity contribution in [2.45, 2.75) is 13.0 Å². The fraction of sp³-hybridized carbons (Fsp3) is 0.167. The molecule has 1 amide bonds. The van der Waals surface area contributed by atoms with E-state index in [4.69, 9.17) is 5.11 Å². The molecular weight excluding hydrogens is 264 g/mol. The summed E-state index contributed by atoms with van der Waals surface area (Å²) in [4.78, 5) is 26.3. The largest absolute Gasteiger partial charge is 0.507 e. The molecule has 0 aliphatic rings. The average molecular weight is 276 g/mol. The second-order valence-electron chi connectivity index (χ2n) is 3.99. The van der Waals surface area contributed by atoms with Gasteiger partial charge in [-0.2, -0.15) is 5.10 Å². The van der Waals surface area contributed by atoms with E-state index in [9.17, 15) is 14.7 Å². The van der Waals surface area contributed by atoms with Crippen LogP contribution in [0.1, 0.15) is 16.8 Å². The maximum absolute atomic E-state index is 11.7. The SMILES string of the molecule is O=C(CCn1cncn1)Nc1ccc(O)c(C(=O)O)c1. The Bertz CT molecular complexity index is 624. The molecule has 2 aromatic rings. The lowest BCUT2D eigenvalue weighted by Gasteiger charge is -2.07. The van der Waals surface area contributed by atoms with E-state index >= 15 is 0 Å². The van der Waals surface area contributed by atoms with Gasteiger partial charge in [0.2, 0.25) is 5.91 Å². The molecule has 1 aromatic heterocycles. The van der Waals surface area contributed by atoms with Crippen LogP contribution < -0.4 is 5.32 Å². The Morgan fingerprint density at radius 1 is 1.35 bits per heavy atom. The van der Waals surface area contributed by atoms with Crippen molar-refractivity contribution in [3.05, 3.63) is 36.4 Å². The number of aryl methyl sites for hydroxylation is 1. The first kappa shape index (κ1) is 13.5. The first-order chi connectivity index (χ1) is 9.56. The molecule has 0 atom stereocenters. The van der Waals surface area contributed by atoms with Crippen LogP contribution in [0.3, 0.4) is 0 Å². The van der Waals surface area contributed by atoms with Crippen LogP contribution in [-0.4, -0.2) is 36.9 Å². The number of carbonyl (C=O) groups excluding carboxylic acids is 1. The predicted octanol–water partition coefficient (Wildman–Crippen LogP) is 0.711. The van der Waals surface area contributed by atoms with Crippen LogP contribution in [0.15, 0.2) is 30.9 Å². The number of anilines is 1. The Morgan fingerprint density at radius 2 is 2.15 bits per heavy atom. The molecule has 20 heavy (non-hydrogen) atoms. The van der Waals surface area contributed by atoms with Crippen LogP contribution in [0.4, 0.5) is 5.69 Å². The molecule has 0 radical (unpaired) electrons. The second-order valence-corrected chi connectivity index (χ2v) is 3.99. The minimum atomic E-state index is -1.26. The highest BCUT2D eigenvalue weighted by molar-refractivity contribution is 5.95. The lowest BCUT2D eigenvalue weighted by Crippen LogP contribution is -2.15. The molecule has 0 saturated carbocycles. The Labute approximate surface area is 113 Å². The summed E-state index contributed by atoms with van der Waals surface area (Å²) in [5, 5.41) is 24.6. The Morgan fingerprint density at radius 3 is 2.80 bits per heavy atom. The molecule has 8 heteroatoms. The molecule has 0 aliphatic heterocycles. The minimum Gasteiger partial charge on any atom is -0.507 e. The molecule has 0 spiro atoms. The number of carbonyl (C=O) groups is 2. The van der Waals surface area contributed by atoms with Gasteiger partial charge in [0, 0.05) is 12.1 Å². The Balaban J connectivity index is 1.97. The molecular formula is C12H12N4O4. The average Bonchev–Trinajstić information content (AvgIpc) is 2.91. The second kappa shape index (κ2) is 5.83. The van der Waals surface area contributed by atoms with E-state index < -0.39 is 5.97 Å². The number of rotatable bonds is 5. The topological polar surface area (TPSA) is 117 Å². The number of aromatic nitrogens is 3. The summed E-state index contributed by atoms with van der Waals surface area (Å²) in [6.07, 6.45) is 3.04. The van der Waals surface area contributed by atoms with Gasteiger partial charge in [0.15, 0.2) is 0 Å². The highest BCUT2D eigenvalue weighted by Crippen LogP contribution is 2.21. The van der Waals surface area contributed by atoms with Gasteiger partial charge in [-0.25, -0.2) is 9.78 Å². The van der Waals surface area contributed by atoms with Crippen LogP contribution in [0, 0.1) is 0 Å². The molecule has 1 heterocycles. The van der Waals surface area contributed by atoms with Gasteiger partial charge in [-0.15, -0.1) is 0 Å². The standard InChI is InChI=1S/C12H12N4O4/c17-10-2-1-8(5-9(10)12(19)20)15-11(18)3-4-16-7-13-6-14-16/h1-2,5-7,17H,3-4H2,(H,15,18)(H,19,20). The van der Waals surface area contributed by atoms with Gasteiger partial charge in [-0.3, -0.25) is 9.48 Å². The molecule has 0 saturated heterocycles. The van der Waals surface area contributed by atoms with Crippen LogP contribution in [0.5, 0.6) is 5.75 Å². The van der Waals surface area contributed by atoms with Gasteiger partial charge >= 0.3 is 5.97 Å².